The average molecular weight is 713 g/mol. The molecule has 0 unspecified atom stereocenters. The Morgan fingerprint density at radius 3 is 2.08 bits per heavy atom. The number of carbonyl (C=O) groups is 6. The van der Waals surface area contributed by atoms with Crippen molar-refractivity contribution in [1.29, 1.82) is 0 Å². The summed E-state index contributed by atoms with van der Waals surface area (Å²) >= 11 is 6.44. The highest BCUT2D eigenvalue weighted by atomic mass is 35.5. The van der Waals surface area contributed by atoms with Crippen molar-refractivity contribution in [1.82, 2.24) is 41.9 Å². The lowest BCUT2D eigenvalue weighted by Gasteiger charge is -2.44. The number of hydrogen-bond acceptors (Lipinski definition) is 13. The Kier molecular flexibility index (Phi) is 12.7. The summed E-state index contributed by atoms with van der Waals surface area (Å²) in [4.78, 5) is 82.2. The maximum absolute atomic E-state index is 14.2. The van der Waals surface area contributed by atoms with Crippen molar-refractivity contribution in [3.05, 3.63) is 24.3 Å². The van der Waals surface area contributed by atoms with Crippen LogP contribution in [0.1, 0.15) is 40.0 Å². The summed E-state index contributed by atoms with van der Waals surface area (Å²) < 4.78 is 5.16. The van der Waals surface area contributed by atoms with Gasteiger partial charge in [-0.1, -0.05) is 38.2 Å². The van der Waals surface area contributed by atoms with Crippen molar-refractivity contribution >= 4 is 47.1 Å². The molecule has 18 nitrogen and oxygen atoms in total. The molecule has 5 amide bonds. The minimum absolute atomic E-state index is 0.0620. The van der Waals surface area contributed by atoms with Gasteiger partial charge in [0, 0.05) is 32.5 Å². The van der Waals surface area contributed by atoms with Crippen LogP contribution in [0.4, 0.5) is 0 Å². The molecule has 4 saturated heterocycles. The van der Waals surface area contributed by atoms with Gasteiger partial charge in [0.15, 0.2) is 12.1 Å². The first-order valence-electron chi connectivity index (χ1n) is 16.1. The molecule has 4 fully saturated rings. The molecule has 4 heterocycles. The number of halogens is 1. The number of nitrogens with zero attached hydrogens (tertiary/aromatic N) is 3. The Morgan fingerprint density at radius 1 is 0.857 bits per heavy atom. The minimum Gasteiger partial charge on any atom is -0.454 e. The van der Waals surface area contributed by atoms with E-state index in [0.29, 0.717) is 0 Å². The van der Waals surface area contributed by atoms with E-state index in [9.17, 15) is 44.1 Å². The van der Waals surface area contributed by atoms with Crippen molar-refractivity contribution in [3.8, 4) is 0 Å². The number of β-amino-alcohol motifs (C(OH)–C–C–N with tert-alkyl or cyclic N) is 2. The summed E-state index contributed by atoms with van der Waals surface area (Å²) in [5.74, 6) is -5.25. The molecule has 0 bridgehead atoms. The van der Waals surface area contributed by atoms with Gasteiger partial charge in [-0.15, -0.1) is 11.6 Å². The number of hydrazine groups is 3. The molecular weight excluding hydrogens is 668 g/mol. The Bertz CT molecular complexity index is 1350. The van der Waals surface area contributed by atoms with Crippen molar-refractivity contribution in [2.45, 2.75) is 87.3 Å². The zero-order chi connectivity index (χ0) is 36.0. The molecule has 19 heteroatoms. The topological polar surface area (TPSA) is 242 Å². The molecule has 8 N–H and O–H groups in total. The van der Waals surface area contributed by atoms with Crippen LogP contribution >= 0.6 is 11.6 Å². The van der Waals surface area contributed by atoms with Gasteiger partial charge >= 0.3 is 5.97 Å². The molecule has 0 aromatic heterocycles. The van der Waals surface area contributed by atoms with Gasteiger partial charge in [0.25, 0.3) is 17.7 Å². The third kappa shape index (κ3) is 9.13. The standard InChI is InChI=1S/C30H45ClN8O10/c1-16(2)6-4-5-7-20-27(46)39-23(8-17(31)11-32-39)28(47)38-22(10-19(42)13-34-38)26(45)36-30(3,15-40)29(48)49-14-24(43)37-21(25(44)35-20)9-18(41)12-33-37/h4-7,16-23,32-34,40-42H,8-15H2,1-3H3,(H,35,44)(H,36,45)/b6-4+,7-5+/t17-,18+,19-,20-,21+,22-,23+,30+/m0/s1. The third-order valence-corrected chi connectivity index (χ3v) is 8.82. The van der Waals surface area contributed by atoms with E-state index >= 15 is 0 Å². The van der Waals surface area contributed by atoms with Gasteiger partial charge in [0.2, 0.25) is 11.8 Å². The fraction of sp³-hybridized carbons (Fsp3) is 0.667. The number of alkyl halides is 1. The lowest BCUT2D eigenvalue weighted by atomic mass is 9.98. The maximum Gasteiger partial charge on any atom is 0.334 e. The number of allylic oxidation sites excluding steroid dienone is 3. The number of ether oxygens (including phenoxy) is 1. The number of aliphatic hydroxyl groups excluding tert-OH is 3. The molecule has 272 valence electrons. The average Bonchev–Trinajstić information content (AvgIpc) is 3.06. The zero-order valence-electron chi connectivity index (χ0n) is 27.5. The monoisotopic (exact) mass is 712 g/mol. The summed E-state index contributed by atoms with van der Waals surface area (Å²) in [6.45, 7) is 2.97. The predicted molar refractivity (Wildman–Crippen MR) is 171 cm³/mol. The highest BCUT2D eigenvalue weighted by molar-refractivity contribution is 6.21. The van der Waals surface area contributed by atoms with E-state index in [2.05, 4.69) is 26.9 Å². The Morgan fingerprint density at radius 2 is 1.45 bits per heavy atom. The Hall–Kier alpha value is -3.65. The molecule has 0 aromatic rings. The Balaban J connectivity index is 1.78. The van der Waals surface area contributed by atoms with Crippen LogP contribution in [0.25, 0.3) is 0 Å². The number of amides is 5. The van der Waals surface area contributed by atoms with E-state index < -0.39 is 96.0 Å². The van der Waals surface area contributed by atoms with Crippen molar-refractivity contribution in [3.63, 3.8) is 0 Å². The SMILES string of the molecule is CC(C)/C=C/C=C/[C@@H]1NC(=O)[C@H]2C[C@@H](O)CNN2C(=O)COC(=O)[C@@](C)(CO)NC(=O)[C@@H]2C[C@H](O)CNN2C(=O)[C@H]2C[C@H](Cl)CNN2C1=O. The van der Waals surface area contributed by atoms with Crippen LogP contribution < -0.4 is 26.9 Å². The van der Waals surface area contributed by atoms with Crippen LogP contribution in [0.5, 0.6) is 0 Å². The number of hydrogen-bond donors (Lipinski definition) is 8. The molecule has 4 aliphatic rings. The highest BCUT2D eigenvalue weighted by Crippen LogP contribution is 2.23. The van der Waals surface area contributed by atoms with Gasteiger partial charge in [-0.2, -0.15) is 0 Å². The van der Waals surface area contributed by atoms with E-state index in [1.165, 1.54) is 6.08 Å². The van der Waals surface area contributed by atoms with Crippen LogP contribution in [-0.4, -0.2) is 146 Å². The van der Waals surface area contributed by atoms with Gasteiger partial charge < -0.3 is 30.7 Å². The Labute approximate surface area is 288 Å². The largest absolute Gasteiger partial charge is 0.454 e. The first kappa shape index (κ1) is 38.2. The van der Waals surface area contributed by atoms with E-state index in [1.54, 1.807) is 12.2 Å². The molecule has 0 spiro atoms. The van der Waals surface area contributed by atoms with Gasteiger partial charge in [-0.25, -0.2) is 21.1 Å². The molecule has 0 aromatic carbocycles. The minimum atomic E-state index is -2.10. The van der Waals surface area contributed by atoms with Crippen molar-refractivity contribution in [2.24, 2.45) is 5.92 Å². The number of esters is 1. The predicted octanol–water partition coefficient (Wildman–Crippen LogP) is -3.69. The third-order valence-electron chi connectivity index (χ3n) is 8.48. The van der Waals surface area contributed by atoms with Crippen LogP contribution in [-0.2, 0) is 33.5 Å². The van der Waals surface area contributed by atoms with Crippen molar-refractivity contribution in [2.75, 3.05) is 32.8 Å². The molecule has 49 heavy (non-hydrogen) atoms. The van der Waals surface area contributed by atoms with Crippen LogP contribution in [0.2, 0.25) is 0 Å². The second kappa shape index (κ2) is 16.4. The second-order valence-corrected chi connectivity index (χ2v) is 13.6. The summed E-state index contributed by atoms with van der Waals surface area (Å²) in [5, 5.41) is 38.1. The van der Waals surface area contributed by atoms with Gasteiger partial charge in [-0.05, 0) is 19.3 Å². The highest BCUT2D eigenvalue weighted by Gasteiger charge is 2.47. The van der Waals surface area contributed by atoms with Crippen LogP contribution in [0, 0.1) is 5.92 Å². The van der Waals surface area contributed by atoms with E-state index in [1.807, 2.05) is 19.9 Å². The maximum atomic E-state index is 14.2. The van der Waals surface area contributed by atoms with Crippen LogP contribution in [0.3, 0.4) is 0 Å². The fourth-order valence-electron chi connectivity index (χ4n) is 5.72. The number of cyclic esters (lactones) is 1. The molecule has 4 rings (SSSR count). The zero-order valence-corrected chi connectivity index (χ0v) is 28.3. The lowest BCUT2D eigenvalue weighted by Crippen LogP contribution is -2.71. The van der Waals surface area contributed by atoms with E-state index in [4.69, 9.17) is 16.3 Å². The van der Waals surface area contributed by atoms with Crippen LogP contribution in [0.15, 0.2) is 24.3 Å². The quantitative estimate of drug-likeness (QED) is 0.0797. The number of aliphatic hydroxyl groups is 3. The van der Waals surface area contributed by atoms with Crippen molar-refractivity contribution < 1.29 is 48.8 Å². The molecule has 8 atom stereocenters. The normalized spacial score (nSPS) is 34.6. The van der Waals surface area contributed by atoms with E-state index in [0.717, 1.165) is 22.0 Å². The molecule has 0 radical (unpaired) electrons. The van der Waals surface area contributed by atoms with E-state index in [-0.39, 0.29) is 44.8 Å². The van der Waals surface area contributed by atoms with Gasteiger partial charge in [-0.3, -0.25) is 39.0 Å². The number of rotatable bonds is 4. The molecule has 4 aliphatic heterocycles. The molecule has 0 saturated carbocycles. The first-order chi connectivity index (χ1) is 23.1. The smallest absolute Gasteiger partial charge is 0.334 e. The fourth-order valence-corrected chi connectivity index (χ4v) is 5.96. The summed E-state index contributed by atoms with van der Waals surface area (Å²) in [5.41, 5.74) is 6.11. The van der Waals surface area contributed by atoms with Gasteiger partial charge in [0.1, 0.15) is 24.2 Å². The number of fused-ring (bicyclic) bond motifs is 3. The number of carbonyl (C=O) groups excluding carboxylic acids is 6. The lowest BCUT2D eigenvalue weighted by molar-refractivity contribution is -0.167. The molecule has 0 aliphatic carbocycles. The number of nitrogens with one attached hydrogen (secondary N) is 5. The van der Waals surface area contributed by atoms with Gasteiger partial charge in [0.05, 0.1) is 24.2 Å². The summed E-state index contributed by atoms with van der Waals surface area (Å²) in [6.07, 6.45) is 3.77. The summed E-state index contributed by atoms with van der Waals surface area (Å²) in [6, 6.07) is -5.50. The molecular formula is C30H45ClN8O10. The first-order valence-corrected chi connectivity index (χ1v) is 16.5. The second-order valence-electron chi connectivity index (χ2n) is 13.0. The summed E-state index contributed by atoms with van der Waals surface area (Å²) in [7, 11) is 0.